The average molecular weight is 580 g/mol. The summed E-state index contributed by atoms with van der Waals surface area (Å²) in [5.74, 6) is 2.86. The number of ether oxygens (including phenoxy) is 3. The molecule has 0 atom stereocenters. The highest BCUT2D eigenvalue weighted by molar-refractivity contribution is 5.80. The minimum absolute atomic E-state index is 0.231. The summed E-state index contributed by atoms with van der Waals surface area (Å²) in [5, 5.41) is 0. The van der Waals surface area contributed by atoms with Crippen molar-refractivity contribution in [2.75, 3.05) is 26.2 Å². The molecule has 2 aliphatic carbocycles. The molecule has 0 fully saturated rings. The Morgan fingerprint density at radius 2 is 0.955 bits per heavy atom. The highest BCUT2D eigenvalue weighted by Crippen LogP contribution is 2.57. The van der Waals surface area contributed by atoms with E-state index in [1.54, 1.807) is 21.3 Å². The third-order valence-electron chi connectivity index (χ3n) is 9.07. The zero-order valence-electron chi connectivity index (χ0n) is 25.5. The molecule has 0 saturated carbocycles. The molecule has 0 bridgehead atoms. The fourth-order valence-electron chi connectivity index (χ4n) is 7.00. The first-order chi connectivity index (χ1) is 21.7. The van der Waals surface area contributed by atoms with E-state index in [0.29, 0.717) is 0 Å². The van der Waals surface area contributed by atoms with Gasteiger partial charge in [0.2, 0.25) is 0 Å². The van der Waals surface area contributed by atoms with E-state index in [1.807, 2.05) is 24.3 Å². The molecule has 0 spiro atoms. The lowest BCUT2D eigenvalue weighted by Gasteiger charge is -2.38. The lowest BCUT2D eigenvalue weighted by atomic mass is 9.80. The summed E-state index contributed by atoms with van der Waals surface area (Å²) >= 11 is 0. The summed E-state index contributed by atoms with van der Waals surface area (Å²) in [5.41, 5.74) is 13.3. The first-order valence-corrected chi connectivity index (χ1v) is 15.3. The van der Waals surface area contributed by atoms with Gasteiger partial charge in [0.05, 0.1) is 21.3 Å². The Balaban J connectivity index is 1.43. The van der Waals surface area contributed by atoms with Crippen LogP contribution in [0.15, 0.2) is 137 Å². The Morgan fingerprint density at radius 3 is 1.39 bits per heavy atom. The number of para-hydroxylation sites is 1. The summed E-state index contributed by atoms with van der Waals surface area (Å²) in [4.78, 5) is 2.56. The van der Waals surface area contributed by atoms with Crippen LogP contribution in [0.2, 0.25) is 0 Å². The normalized spacial score (nSPS) is 18.2. The van der Waals surface area contributed by atoms with Crippen LogP contribution in [0.4, 0.5) is 5.69 Å². The molecule has 0 N–H and O–H groups in total. The molecule has 0 saturated heterocycles. The van der Waals surface area contributed by atoms with Crippen LogP contribution in [0, 0.1) is 0 Å². The highest BCUT2D eigenvalue weighted by atomic mass is 16.5. The van der Waals surface area contributed by atoms with E-state index in [1.165, 1.54) is 56.1 Å². The van der Waals surface area contributed by atoms with Crippen LogP contribution in [0.3, 0.4) is 0 Å². The van der Waals surface area contributed by atoms with E-state index in [4.69, 9.17) is 14.2 Å². The topological polar surface area (TPSA) is 30.9 Å². The van der Waals surface area contributed by atoms with Crippen molar-refractivity contribution < 1.29 is 14.2 Å². The quantitative estimate of drug-likeness (QED) is 0.218. The van der Waals surface area contributed by atoms with E-state index in [0.717, 1.165) is 42.9 Å². The minimum atomic E-state index is 0.231. The molecule has 0 aromatic heterocycles. The van der Waals surface area contributed by atoms with E-state index >= 15 is 0 Å². The summed E-state index contributed by atoms with van der Waals surface area (Å²) in [6.45, 7) is 0. The number of benzene rings is 4. The standard InChI is InChI=1S/C40H37NO3/c1-42-33-17-9-27(10-18-33)25-30-15-23-36-38(29-13-21-35(44-3)22-14-29)37-24-16-31(26-28-11-19-34(43-2)20-12-28)40(37)41(39(30)36)32-7-5-4-6-8-32/h4-14,17-22,25-26,38H,15-16,23-24H2,1-3H3/b30-25+,31-26+. The SMILES string of the molecule is COc1ccc(/C=C2\CCC3=C2N(c2ccccc2)C2=C(CC/C2=C\c2ccc(OC)cc2)C3c2ccc(OC)cc2)cc1. The molecule has 1 aliphatic heterocycles. The van der Waals surface area contributed by atoms with Crippen LogP contribution < -0.4 is 19.1 Å². The molecule has 44 heavy (non-hydrogen) atoms. The number of nitrogens with zero attached hydrogens (tertiary/aromatic N) is 1. The zero-order chi connectivity index (χ0) is 30.0. The summed E-state index contributed by atoms with van der Waals surface area (Å²) < 4.78 is 16.4. The Labute approximate surface area is 260 Å². The number of allylic oxidation sites excluding steroid dienone is 4. The van der Waals surface area contributed by atoms with Crippen molar-refractivity contribution in [1.82, 2.24) is 0 Å². The maximum Gasteiger partial charge on any atom is 0.118 e. The molecule has 1 heterocycles. The van der Waals surface area contributed by atoms with Crippen LogP contribution in [-0.2, 0) is 0 Å². The van der Waals surface area contributed by atoms with Gasteiger partial charge in [-0.2, -0.15) is 0 Å². The van der Waals surface area contributed by atoms with Crippen molar-refractivity contribution in [2.45, 2.75) is 31.6 Å². The Hall–Kier alpha value is -4.96. The second kappa shape index (κ2) is 12.0. The van der Waals surface area contributed by atoms with Gasteiger partial charge in [-0.3, -0.25) is 0 Å². The number of hydrogen-bond donors (Lipinski definition) is 0. The number of methoxy groups -OCH3 is 3. The van der Waals surface area contributed by atoms with Crippen molar-refractivity contribution in [3.63, 3.8) is 0 Å². The van der Waals surface area contributed by atoms with Gasteiger partial charge in [-0.1, -0.05) is 54.6 Å². The van der Waals surface area contributed by atoms with Gasteiger partial charge in [-0.15, -0.1) is 0 Å². The molecule has 0 amide bonds. The molecule has 3 aliphatic rings. The molecule has 4 aromatic carbocycles. The molecule has 4 heteroatoms. The largest absolute Gasteiger partial charge is 0.497 e. The maximum atomic E-state index is 5.54. The van der Waals surface area contributed by atoms with Crippen LogP contribution in [-0.4, -0.2) is 21.3 Å². The van der Waals surface area contributed by atoms with Crippen LogP contribution in [0.1, 0.15) is 48.3 Å². The molecular weight excluding hydrogens is 542 g/mol. The highest BCUT2D eigenvalue weighted by Gasteiger charge is 2.43. The fraction of sp³-hybridized carbons (Fsp3) is 0.200. The van der Waals surface area contributed by atoms with Crippen molar-refractivity contribution >= 4 is 17.8 Å². The van der Waals surface area contributed by atoms with E-state index in [2.05, 4.69) is 95.9 Å². The van der Waals surface area contributed by atoms with Gasteiger partial charge in [0, 0.05) is 23.0 Å². The van der Waals surface area contributed by atoms with Gasteiger partial charge < -0.3 is 19.1 Å². The van der Waals surface area contributed by atoms with E-state index < -0.39 is 0 Å². The third-order valence-corrected chi connectivity index (χ3v) is 9.07. The van der Waals surface area contributed by atoms with Crippen molar-refractivity contribution in [2.24, 2.45) is 0 Å². The first kappa shape index (κ1) is 27.8. The van der Waals surface area contributed by atoms with Crippen molar-refractivity contribution in [1.29, 1.82) is 0 Å². The Kier molecular flexibility index (Phi) is 7.57. The van der Waals surface area contributed by atoms with Gasteiger partial charge in [0.1, 0.15) is 17.2 Å². The first-order valence-electron chi connectivity index (χ1n) is 15.3. The Bertz CT molecular complexity index is 1690. The van der Waals surface area contributed by atoms with Gasteiger partial charge in [0.25, 0.3) is 0 Å². The molecule has 220 valence electrons. The summed E-state index contributed by atoms with van der Waals surface area (Å²) in [6, 6.07) is 36.4. The summed E-state index contributed by atoms with van der Waals surface area (Å²) in [6.07, 6.45) is 8.82. The number of anilines is 1. The van der Waals surface area contributed by atoms with Crippen LogP contribution in [0.25, 0.3) is 12.2 Å². The minimum Gasteiger partial charge on any atom is -0.497 e. The lowest BCUT2D eigenvalue weighted by molar-refractivity contribution is 0.414. The third kappa shape index (κ3) is 5.11. The molecule has 4 aromatic rings. The van der Waals surface area contributed by atoms with E-state index in [9.17, 15) is 0 Å². The van der Waals surface area contributed by atoms with Crippen LogP contribution in [0.5, 0.6) is 17.2 Å². The molecule has 0 unspecified atom stereocenters. The predicted octanol–water partition coefficient (Wildman–Crippen LogP) is 9.58. The Morgan fingerprint density at radius 1 is 0.523 bits per heavy atom. The van der Waals surface area contributed by atoms with Crippen molar-refractivity contribution in [3.8, 4) is 17.2 Å². The van der Waals surface area contributed by atoms with Crippen LogP contribution >= 0.6 is 0 Å². The molecular formula is C40H37NO3. The van der Waals surface area contributed by atoms with Gasteiger partial charge in [-0.05, 0) is 125 Å². The fourth-order valence-corrected chi connectivity index (χ4v) is 7.00. The molecule has 7 rings (SSSR count). The maximum absolute atomic E-state index is 5.54. The zero-order valence-corrected chi connectivity index (χ0v) is 25.5. The molecule has 0 radical (unpaired) electrons. The summed E-state index contributed by atoms with van der Waals surface area (Å²) in [7, 11) is 5.16. The average Bonchev–Trinajstić information content (AvgIpc) is 3.69. The second-order valence-electron chi connectivity index (χ2n) is 11.5. The number of rotatable bonds is 7. The van der Waals surface area contributed by atoms with Gasteiger partial charge in [0.15, 0.2) is 0 Å². The monoisotopic (exact) mass is 579 g/mol. The lowest BCUT2D eigenvalue weighted by Crippen LogP contribution is -2.29. The van der Waals surface area contributed by atoms with Gasteiger partial charge >= 0.3 is 0 Å². The number of hydrogen-bond acceptors (Lipinski definition) is 4. The molecule has 4 nitrogen and oxygen atoms in total. The van der Waals surface area contributed by atoms with E-state index in [-0.39, 0.29) is 5.92 Å². The van der Waals surface area contributed by atoms with Gasteiger partial charge in [-0.25, -0.2) is 0 Å². The smallest absolute Gasteiger partial charge is 0.118 e. The van der Waals surface area contributed by atoms with Crippen molar-refractivity contribution in [3.05, 3.63) is 154 Å². The second-order valence-corrected chi connectivity index (χ2v) is 11.5. The predicted molar refractivity (Wildman–Crippen MR) is 179 cm³/mol.